The van der Waals surface area contributed by atoms with Gasteiger partial charge in [0.05, 0.1) is 5.56 Å². The molecule has 4 N–H and O–H groups in total. The number of amidine groups is 1. The van der Waals surface area contributed by atoms with Gasteiger partial charge in [-0.25, -0.2) is 13.8 Å². The first kappa shape index (κ1) is 23.5. The van der Waals surface area contributed by atoms with E-state index in [0.29, 0.717) is 6.07 Å². The number of alkyl halides is 3. The first-order valence-electron chi connectivity index (χ1n) is 8.66. The molecule has 2 rings (SSSR count). The highest BCUT2D eigenvalue weighted by atomic mass is 19.4. The van der Waals surface area contributed by atoms with Crippen LogP contribution in [0.25, 0.3) is 0 Å². The van der Waals surface area contributed by atoms with E-state index in [1.807, 2.05) is 6.07 Å². The van der Waals surface area contributed by atoms with Crippen LogP contribution < -0.4 is 11.1 Å². The molecule has 2 aromatic rings. The fraction of sp³-hybridized carbons (Fsp3) is 0.263. The number of benzene rings is 1. The van der Waals surface area contributed by atoms with Gasteiger partial charge in [-0.05, 0) is 29.7 Å². The van der Waals surface area contributed by atoms with Crippen LogP contribution in [0.5, 0.6) is 0 Å². The molecule has 2 atom stereocenters. The summed E-state index contributed by atoms with van der Waals surface area (Å²) in [4.78, 5) is 16.0. The number of amides is 1. The van der Waals surface area contributed by atoms with Crippen molar-refractivity contribution in [2.24, 2.45) is 5.73 Å². The summed E-state index contributed by atoms with van der Waals surface area (Å²) in [6.45, 7) is 1.20. The maximum atomic E-state index is 14.3. The molecule has 0 saturated carbocycles. The fourth-order valence-corrected chi connectivity index (χ4v) is 2.68. The quantitative estimate of drug-likeness (QED) is 0.357. The van der Waals surface area contributed by atoms with Gasteiger partial charge < -0.3 is 15.8 Å². The van der Waals surface area contributed by atoms with E-state index in [0.717, 1.165) is 12.3 Å². The summed E-state index contributed by atoms with van der Waals surface area (Å²) in [7, 11) is 0. The van der Waals surface area contributed by atoms with E-state index in [2.05, 4.69) is 15.0 Å². The van der Waals surface area contributed by atoms with Crippen molar-refractivity contribution < 1.29 is 31.5 Å². The molecule has 0 aliphatic rings. The van der Waals surface area contributed by atoms with Gasteiger partial charge in [0, 0.05) is 24.4 Å². The number of nitrogens with two attached hydrogens (primary N) is 1. The largest absolute Gasteiger partial charge is 0.453 e. The number of ether oxygens (including phenoxy) is 1. The van der Waals surface area contributed by atoms with E-state index in [-0.39, 0.29) is 16.9 Å². The molecule has 0 saturated heterocycles. The van der Waals surface area contributed by atoms with Gasteiger partial charge in [0.2, 0.25) is 0 Å². The minimum Gasteiger partial charge on any atom is -0.453 e. The molecule has 1 aromatic heterocycles. The second-order valence-electron chi connectivity index (χ2n) is 6.51. The summed E-state index contributed by atoms with van der Waals surface area (Å²) in [5, 5.41) is 17.9. The normalized spacial score (nSPS) is 13.1. The van der Waals surface area contributed by atoms with E-state index < -0.39 is 53.7 Å². The molecule has 1 aromatic carbocycles. The predicted octanol–water partition coefficient (Wildman–Crippen LogP) is 3.82. The SMILES string of the molecule is C[C@H](CC(OC(=N)N)C(F)(F)F)c1cc(NC(=O)c2ccc(C#N)cn2)cc(F)c1F. The Labute approximate surface area is 173 Å². The molecule has 0 fully saturated rings. The average Bonchev–Trinajstić information content (AvgIpc) is 2.69. The Morgan fingerprint density at radius 2 is 2.03 bits per heavy atom. The predicted molar refractivity (Wildman–Crippen MR) is 99.1 cm³/mol. The van der Waals surface area contributed by atoms with Crippen LogP contribution in [-0.2, 0) is 4.74 Å². The maximum absolute atomic E-state index is 14.3. The van der Waals surface area contributed by atoms with Gasteiger partial charge in [-0.2, -0.15) is 18.4 Å². The molecule has 0 radical (unpaired) electrons. The van der Waals surface area contributed by atoms with Gasteiger partial charge in [-0.1, -0.05) is 6.92 Å². The summed E-state index contributed by atoms with van der Waals surface area (Å²) in [6.07, 6.45) is -7.13. The van der Waals surface area contributed by atoms with Gasteiger partial charge >= 0.3 is 6.18 Å². The number of halogens is 5. The molecule has 0 spiro atoms. The standard InChI is InChI=1S/C19H16F5N5O2/c1-9(4-15(19(22,23)24)31-18(26)27)12-5-11(6-13(20)16(12)21)29-17(30)14-3-2-10(7-25)8-28-14/h2-3,5-6,8-9,15H,4H2,1H3,(H3,26,27)(H,29,30)/t9-,15?/m1/s1. The third-order valence-electron chi connectivity index (χ3n) is 4.17. The number of rotatable bonds is 6. The number of nitrogens with one attached hydrogen (secondary N) is 2. The molecule has 7 nitrogen and oxygen atoms in total. The lowest BCUT2D eigenvalue weighted by atomic mass is 9.93. The second kappa shape index (κ2) is 9.38. The van der Waals surface area contributed by atoms with E-state index in [9.17, 15) is 26.7 Å². The highest BCUT2D eigenvalue weighted by Gasteiger charge is 2.43. The van der Waals surface area contributed by atoms with Crippen molar-refractivity contribution in [1.82, 2.24) is 4.98 Å². The van der Waals surface area contributed by atoms with Crippen LogP contribution in [0.15, 0.2) is 30.5 Å². The monoisotopic (exact) mass is 441 g/mol. The first-order valence-corrected chi connectivity index (χ1v) is 8.66. The lowest BCUT2D eigenvalue weighted by Gasteiger charge is -2.24. The molecule has 164 valence electrons. The number of carbonyl (C=O) groups excluding carboxylic acids is 1. The number of nitriles is 1. The molecule has 0 bridgehead atoms. The zero-order chi connectivity index (χ0) is 23.3. The Bertz CT molecular complexity index is 1020. The van der Waals surface area contributed by atoms with E-state index in [1.165, 1.54) is 19.1 Å². The van der Waals surface area contributed by atoms with Crippen LogP contribution in [0.3, 0.4) is 0 Å². The lowest BCUT2D eigenvalue weighted by molar-refractivity contribution is -0.202. The first-order chi connectivity index (χ1) is 14.4. The van der Waals surface area contributed by atoms with Crippen LogP contribution in [0.2, 0.25) is 0 Å². The third kappa shape index (κ3) is 6.11. The summed E-state index contributed by atoms with van der Waals surface area (Å²) in [5.41, 5.74) is 4.29. The Morgan fingerprint density at radius 3 is 2.55 bits per heavy atom. The van der Waals surface area contributed by atoms with Crippen molar-refractivity contribution in [3.05, 3.63) is 58.9 Å². The second-order valence-corrected chi connectivity index (χ2v) is 6.51. The van der Waals surface area contributed by atoms with Crippen LogP contribution in [0, 0.1) is 28.4 Å². The zero-order valence-corrected chi connectivity index (χ0v) is 15.9. The van der Waals surface area contributed by atoms with E-state index in [4.69, 9.17) is 16.4 Å². The molecule has 1 amide bonds. The molecular formula is C19H16F5N5O2. The summed E-state index contributed by atoms with van der Waals surface area (Å²) in [6, 6.07) is 4.87. The molecule has 1 unspecified atom stereocenters. The van der Waals surface area contributed by atoms with E-state index >= 15 is 0 Å². The minimum atomic E-state index is -4.90. The number of hydrogen-bond acceptors (Lipinski definition) is 5. The van der Waals surface area contributed by atoms with Crippen LogP contribution >= 0.6 is 0 Å². The molecule has 31 heavy (non-hydrogen) atoms. The van der Waals surface area contributed by atoms with Crippen LogP contribution in [0.1, 0.15) is 40.9 Å². The van der Waals surface area contributed by atoms with Gasteiger partial charge in [0.1, 0.15) is 11.8 Å². The van der Waals surface area contributed by atoms with Crippen molar-refractivity contribution in [3.8, 4) is 6.07 Å². The number of hydrogen-bond donors (Lipinski definition) is 3. The highest BCUT2D eigenvalue weighted by molar-refractivity contribution is 6.02. The summed E-state index contributed by atoms with van der Waals surface area (Å²) < 4.78 is 71.9. The van der Waals surface area contributed by atoms with Crippen molar-refractivity contribution in [1.29, 1.82) is 10.7 Å². The lowest BCUT2D eigenvalue weighted by Crippen LogP contribution is -2.37. The number of aromatic nitrogens is 1. The number of pyridine rings is 1. The van der Waals surface area contributed by atoms with Crippen molar-refractivity contribution >= 4 is 17.6 Å². The van der Waals surface area contributed by atoms with Crippen LogP contribution in [-0.4, -0.2) is 29.2 Å². The van der Waals surface area contributed by atoms with Gasteiger partial charge in [-0.15, -0.1) is 0 Å². The van der Waals surface area contributed by atoms with Gasteiger partial charge in [-0.3, -0.25) is 10.2 Å². The number of anilines is 1. The topological polar surface area (TPSA) is 125 Å². The Morgan fingerprint density at radius 1 is 1.35 bits per heavy atom. The van der Waals surface area contributed by atoms with Crippen LogP contribution in [0.4, 0.5) is 27.6 Å². The van der Waals surface area contributed by atoms with Crippen molar-refractivity contribution in [2.75, 3.05) is 5.32 Å². The molecule has 0 aliphatic carbocycles. The maximum Gasteiger partial charge on any atom is 0.425 e. The third-order valence-corrected chi connectivity index (χ3v) is 4.17. The highest BCUT2D eigenvalue weighted by Crippen LogP contribution is 2.34. The number of carbonyl (C=O) groups is 1. The van der Waals surface area contributed by atoms with Gasteiger partial charge in [0.25, 0.3) is 11.9 Å². The fourth-order valence-electron chi connectivity index (χ4n) is 2.68. The molecule has 0 aliphatic heterocycles. The van der Waals surface area contributed by atoms with E-state index in [1.54, 1.807) is 0 Å². The molecular weight excluding hydrogens is 425 g/mol. The Hall–Kier alpha value is -3.75. The Balaban J connectivity index is 2.27. The smallest absolute Gasteiger partial charge is 0.425 e. The van der Waals surface area contributed by atoms with Gasteiger partial charge in [0.15, 0.2) is 17.7 Å². The summed E-state index contributed by atoms with van der Waals surface area (Å²) >= 11 is 0. The zero-order valence-electron chi connectivity index (χ0n) is 15.9. The minimum absolute atomic E-state index is 0.120. The molecule has 1 heterocycles. The summed E-state index contributed by atoms with van der Waals surface area (Å²) in [5.74, 6) is -4.79. The Kier molecular flexibility index (Phi) is 7.12. The molecule has 12 heteroatoms. The van der Waals surface area contributed by atoms with Crippen molar-refractivity contribution in [2.45, 2.75) is 31.5 Å². The average molecular weight is 441 g/mol. The van der Waals surface area contributed by atoms with Crippen molar-refractivity contribution in [3.63, 3.8) is 0 Å². The number of nitrogens with zero attached hydrogens (tertiary/aromatic N) is 2.